The molecule has 6 heteroatoms. The maximum absolute atomic E-state index is 12.6. The molecular formula is C20H30N4O2. The topological polar surface area (TPSA) is 74.3 Å². The van der Waals surface area contributed by atoms with Gasteiger partial charge in [-0.1, -0.05) is 38.2 Å². The summed E-state index contributed by atoms with van der Waals surface area (Å²) in [5, 5.41) is 6.07. The summed E-state index contributed by atoms with van der Waals surface area (Å²) in [6.07, 6.45) is 10.3. The molecule has 0 aromatic carbocycles. The number of hydrogen-bond donors (Lipinski definition) is 2. The molecule has 1 aliphatic heterocycles. The molecule has 142 valence electrons. The van der Waals surface area contributed by atoms with Gasteiger partial charge in [-0.2, -0.15) is 0 Å². The molecule has 0 radical (unpaired) electrons. The second-order valence-electron chi connectivity index (χ2n) is 7.41. The van der Waals surface area contributed by atoms with Gasteiger partial charge in [-0.15, -0.1) is 0 Å². The number of piperazine rings is 1. The van der Waals surface area contributed by atoms with Gasteiger partial charge in [0.1, 0.15) is 0 Å². The van der Waals surface area contributed by atoms with E-state index in [1.807, 2.05) is 18.2 Å². The van der Waals surface area contributed by atoms with Crippen LogP contribution >= 0.6 is 0 Å². The van der Waals surface area contributed by atoms with Gasteiger partial charge in [-0.05, 0) is 25.0 Å². The van der Waals surface area contributed by atoms with Crippen LogP contribution in [-0.2, 0) is 16.1 Å². The molecule has 1 aliphatic carbocycles. The van der Waals surface area contributed by atoms with Crippen LogP contribution in [0.3, 0.4) is 0 Å². The van der Waals surface area contributed by atoms with Crippen LogP contribution in [0.5, 0.6) is 0 Å². The monoisotopic (exact) mass is 358 g/mol. The first-order valence-electron chi connectivity index (χ1n) is 9.93. The summed E-state index contributed by atoms with van der Waals surface area (Å²) in [6.45, 7) is 1.95. The molecule has 1 aromatic heterocycles. The van der Waals surface area contributed by atoms with Crippen molar-refractivity contribution in [1.29, 1.82) is 0 Å². The van der Waals surface area contributed by atoms with E-state index in [-0.39, 0.29) is 24.3 Å². The van der Waals surface area contributed by atoms with Gasteiger partial charge in [-0.25, -0.2) is 0 Å². The van der Waals surface area contributed by atoms with E-state index < -0.39 is 6.04 Å². The van der Waals surface area contributed by atoms with Gasteiger partial charge in [0.05, 0.1) is 18.2 Å². The summed E-state index contributed by atoms with van der Waals surface area (Å²) >= 11 is 0. The summed E-state index contributed by atoms with van der Waals surface area (Å²) in [5.74, 6) is -0.0661. The smallest absolute Gasteiger partial charge is 0.237 e. The number of nitrogens with one attached hydrogen (secondary N) is 2. The lowest BCUT2D eigenvalue weighted by atomic mass is 9.96. The Morgan fingerprint density at radius 2 is 1.96 bits per heavy atom. The molecule has 1 unspecified atom stereocenters. The molecule has 3 rings (SSSR count). The minimum atomic E-state index is -0.417. The number of hydrogen-bond acceptors (Lipinski definition) is 4. The first-order valence-corrected chi connectivity index (χ1v) is 9.93. The highest BCUT2D eigenvalue weighted by Crippen LogP contribution is 2.18. The van der Waals surface area contributed by atoms with Gasteiger partial charge < -0.3 is 10.6 Å². The fourth-order valence-electron chi connectivity index (χ4n) is 3.94. The molecule has 1 saturated heterocycles. The van der Waals surface area contributed by atoms with Crippen molar-refractivity contribution in [1.82, 2.24) is 20.5 Å². The third kappa shape index (κ3) is 5.53. The van der Waals surface area contributed by atoms with Crippen LogP contribution in [0, 0.1) is 0 Å². The van der Waals surface area contributed by atoms with Crippen LogP contribution in [0.2, 0.25) is 0 Å². The van der Waals surface area contributed by atoms with Crippen molar-refractivity contribution in [2.75, 3.05) is 13.1 Å². The molecule has 2 heterocycles. The minimum absolute atomic E-state index is 0.0105. The lowest BCUT2D eigenvalue weighted by Gasteiger charge is -2.34. The first kappa shape index (κ1) is 18.8. The highest BCUT2D eigenvalue weighted by Gasteiger charge is 2.32. The van der Waals surface area contributed by atoms with E-state index >= 15 is 0 Å². The molecule has 2 fully saturated rings. The second-order valence-corrected chi connectivity index (χ2v) is 7.41. The molecular weight excluding hydrogens is 328 g/mol. The van der Waals surface area contributed by atoms with Gasteiger partial charge in [-0.3, -0.25) is 19.5 Å². The number of amides is 2. The van der Waals surface area contributed by atoms with Crippen LogP contribution in [0.15, 0.2) is 24.4 Å². The molecule has 2 N–H and O–H groups in total. The maximum atomic E-state index is 12.6. The van der Waals surface area contributed by atoms with E-state index in [1.165, 1.54) is 32.1 Å². The lowest BCUT2D eigenvalue weighted by Crippen LogP contribution is -2.56. The van der Waals surface area contributed by atoms with Gasteiger partial charge in [0.25, 0.3) is 0 Å². The molecule has 1 saturated carbocycles. The van der Waals surface area contributed by atoms with Crippen molar-refractivity contribution < 1.29 is 9.59 Å². The maximum Gasteiger partial charge on any atom is 0.237 e. The zero-order valence-electron chi connectivity index (χ0n) is 15.5. The number of pyridine rings is 1. The Kier molecular flexibility index (Phi) is 7.00. The number of nitrogens with zero attached hydrogens (tertiary/aromatic N) is 2. The molecule has 6 nitrogen and oxygen atoms in total. The Morgan fingerprint density at radius 3 is 2.69 bits per heavy atom. The largest absolute Gasteiger partial charge is 0.353 e. The predicted octanol–water partition coefficient (Wildman–Crippen LogP) is 2.00. The van der Waals surface area contributed by atoms with Crippen LogP contribution in [0.25, 0.3) is 0 Å². The number of aromatic nitrogens is 1. The van der Waals surface area contributed by atoms with Gasteiger partial charge >= 0.3 is 0 Å². The Labute approximate surface area is 155 Å². The van der Waals surface area contributed by atoms with Crippen molar-refractivity contribution in [3.05, 3.63) is 30.1 Å². The van der Waals surface area contributed by atoms with Crippen molar-refractivity contribution >= 4 is 11.8 Å². The van der Waals surface area contributed by atoms with Crippen molar-refractivity contribution in [2.45, 2.75) is 70.0 Å². The van der Waals surface area contributed by atoms with Crippen LogP contribution in [0.4, 0.5) is 0 Å². The SMILES string of the molecule is O=C(CC1C(=O)NCCN1Cc1ccccn1)NC1CCCCCCC1. The van der Waals surface area contributed by atoms with Crippen molar-refractivity contribution in [3.63, 3.8) is 0 Å². The Morgan fingerprint density at radius 1 is 1.19 bits per heavy atom. The summed E-state index contributed by atoms with van der Waals surface area (Å²) in [6, 6.07) is 5.63. The highest BCUT2D eigenvalue weighted by molar-refractivity contribution is 5.88. The number of rotatable bonds is 5. The number of carbonyl (C=O) groups is 2. The number of carbonyl (C=O) groups excluding carboxylic acids is 2. The summed E-state index contributed by atoms with van der Waals surface area (Å²) < 4.78 is 0. The Hall–Kier alpha value is -1.95. The van der Waals surface area contributed by atoms with Crippen molar-refractivity contribution in [3.8, 4) is 0 Å². The predicted molar refractivity (Wildman–Crippen MR) is 100 cm³/mol. The third-order valence-electron chi connectivity index (χ3n) is 5.38. The average Bonchev–Trinajstić information content (AvgIpc) is 2.61. The zero-order valence-corrected chi connectivity index (χ0v) is 15.5. The molecule has 2 amide bonds. The molecule has 1 aromatic rings. The first-order chi connectivity index (χ1) is 12.7. The van der Waals surface area contributed by atoms with E-state index in [9.17, 15) is 9.59 Å². The summed E-state index contributed by atoms with van der Waals surface area (Å²) in [5.41, 5.74) is 0.924. The van der Waals surface area contributed by atoms with Gasteiger partial charge in [0.2, 0.25) is 11.8 Å². The second kappa shape index (κ2) is 9.67. The third-order valence-corrected chi connectivity index (χ3v) is 5.38. The average molecular weight is 358 g/mol. The Balaban J connectivity index is 1.57. The van der Waals surface area contributed by atoms with Gasteiger partial charge in [0.15, 0.2) is 0 Å². The molecule has 2 aliphatic rings. The zero-order chi connectivity index (χ0) is 18.2. The fraction of sp³-hybridized carbons (Fsp3) is 0.650. The molecule has 26 heavy (non-hydrogen) atoms. The van der Waals surface area contributed by atoms with Crippen LogP contribution in [-0.4, -0.2) is 46.9 Å². The summed E-state index contributed by atoms with van der Waals surface area (Å²) in [4.78, 5) is 31.4. The highest BCUT2D eigenvalue weighted by atomic mass is 16.2. The van der Waals surface area contributed by atoms with E-state index in [0.29, 0.717) is 13.1 Å². The molecule has 0 bridgehead atoms. The summed E-state index contributed by atoms with van der Waals surface area (Å²) in [7, 11) is 0. The van der Waals surface area contributed by atoms with Crippen LogP contribution < -0.4 is 10.6 Å². The van der Waals surface area contributed by atoms with E-state index in [4.69, 9.17) is 0 Å². The van der Waals surface area contributed by atoms with Crippen LogP contribution in [0.1, 0.15) is 57.1 Å². The van der Waals surface area contributed by atoms with Gasteiger partial charge in [0, 0.05) is 31.9 Å². The Bertz CT molecular complexity index is 585. The minimum Gasteiger partial charge on any atom is -0.353 e. The van der Waals surface area contributed by atoms with E-state index in [1.54, 1.807) is 6.20 Å². The quantitative estimate of drug-likeness (QED) is 0.844. The fourth-order valence-corrected chi connectivity index (χ4v) is 3.94. The normalized spacial score (nSPS) is 22.9. The molecule has 1 atom stereocenters. The van der Waals surface area contributed by atoms with E-state index in [2.05, 4.69) is 20.5 Å². The van der Waals surface area contributed by atoms with Crippen molar-refractivity contribution in [2.24, 2.45) is 0 Å². The van der Waals surface area contributed by atoms with E-state index in [0.717, 1.165) is 25.1 Å². The lowest BCUT2D eigenvalue weighted by molar-refractivity contribution is -0.134. The molecule has 0 spiro atoms. The standard InChI is InChI=1S/C20H30N4O2/c25-19(23-16-8-4-2-1-3-5-9-16)14-18-20(26)22-12-13-24(18)15-17-10-6-7-11-21-17/h6-7,10-11,16,18H,1-5,8-9,12-15H2,(H,22,26)(H,23,25).